The van der Waals surface area contributed by atoms with Crippen LogP contribution in [0.5, 0.6) is 0 Å². The highest BCUT2D eigenvalue weighted by Crippen LogP contribution is 2.34. The van der Waals surface area contributed by atoms with E-state index in [-0.39, 0.29) is 6.04 Å². The summed E-state index contributed by atoms with van der Waals surface area (Å²) in [6.07, 6.45) is 3.96. The fourth-order valence-corrected chi connectivity index (χ4v) is 3.05. The van der Waals surface area contributed by atoms with Crippen molar-refractivity contribution in [3.8, 4) is 0 Å². The average molecular weight is 202 g/mol. The second-order valence-electron chi connectivity index (χ2n) is 4.76. The van der Waals surface area contributed by atoms with E-state index >= 15 is 0 Å². The van der Waals surface area contributed by atoms with Crippen LogP contribution in [0.4, 0.5) is 0 Å². The molecular weight excluding hydrogens is 184 g/mol. The first-order valence-electron chi connectivity index (χ1n) is 5.94. The van der Waals surface area contributed by atoms with Crippen molar-refractivity contribution in [3.63, 3.8) is 0 Å². The molecule has 0 aromatic heterocycles. The molecule has 1 aromatic carbocycles. The number of fused-ring (bicyclic) bond motifs is 2. The highest BCUT2D eigenvalue weighted by atomic mass is 15.2. The molecule has 15 heavy (non-hydrogen) atoms. The normalized spacial score (nSPS) is 30.7. The highest BCUT2D eigenvalue weighted by molar-refractivity contribution is 5.33. The predicted molar refractivity (Wildman–Crippen MR) is 61.4 cm³/mol. The van der Waals surface area contributed by atoms with Gasteiger partial charge in [-0.25, -0.2) is 0 Å². The summed E-state index contributed by atoms with van der Waals surface area (Å²) in [6.45, 7) is 2.33. The van der Waals surface area contributed by atoms with Crippen LogP contribution in [0.3, 0.4) is 0 Å². The highest BCUT2D eigenvalue weighted by Gasteiger charge is 2.33. The quantitative estimate of drug-likeness (QED) is 0.697. The van der Waals surface area contributed by atoms with E-state index in [4.69, 9.17) is 5.73 Å². The van der Waals surface area contributed by atoms with Crippen molar-refractivity contribution < 1.29 is 0 Å². The van der Waals surface area contributed by atoms with Gasteiger partial charge in [0.25, 0.3) is 0 Å². The van der Waals surface area contributed by atoms with Crippen molar-refractivity contribution in [2.24, 2.45) is 5.73 Å². The molecular formula is C13H18N2. The van der Waals surface area contributed by atoms with Gasteiger partial charge < -0.3 is 5.73 Å². The maximum Gasteiger partial charge on any atom is 0.0456 e. The fourth-order valence-electron chi connectivity index (χ4n) is 3.05. The zero-order chi connectivity index (χ0) is 10.3. The average Bonchev–Trinajstić information content (AvgIpc) is 2.30. The summed E-state index contributed by atoms with van der Waals surface area (Å²) in [5.74, 6) is 0. The Hall–Kier alpha value is -0.860. The summed E-state index contributed by atoms with van der Waals surface area (Å²) in [6, 6.07) is 9.47. The lowest BCUT2D eigenvalue weighted by Crippen LogP contribution is -2.48. The third-order valence-electron chi connectivity index (χ3n) is 3.87. The van der Waals surface area contributed by atoms with Crippen molar-refractivity contribution >= 4 is 0 Å². The monoisotopic (exact) mass is 202 g/mol. The maximum absolute atomic E-state index is 6.36. The molecule has 2 N–H and O–H groups in total. The van der Waals surface area contributed by atoms with Crippen molar-refractivity contribution in [1.82, 2.24) is 4.90 Å². The summed E-state index contributed by atoms with van der Waals surface area (Å²) < 4.78 is 0. The van der Waals surface area contributed by atoms with Crippen LogP contribution in [0.25, 0.3) is 0 Å². The summed E-state index contributed by atoms with van der Waals surface area (Å²) >= 11 is 0. The third kappa shape index (κ3) is 1.48. The second-order valence-corrected chi connectivity index (χ2v) is 4.76. The van der Waals surface area contributed by atoms with E-state index in [0.717, 1.165) is 6.54 Å². The van der Waals surface area contributed by atoms with Gasteiger partial charge in [0.2, 0.25) is 0 Å². The topological polar surface area (TPSA) is 29.3 Å². The molecule has 2 atom stereocenters. The van der Waals surface area contributed by atoms with Crippen LogP contribution in [-0.4, -0.2) is 17.5 Å². The van der Waals surface area contributed by atoms with Gasteiger partial charge in [-0.05, 0) is 30.5 Å². The Balaban J connectivity index is 1.98. The van der Waals surface area contributed by atoms with Crippen molar-refractivity contribution in [3.05, 3.63) is 35.4 Å². The van der Waals surface area contributed by atoms with Gasteiger partial charge in [0.15, 0.2) is 0 Å². The molecule has 2 aliphatic heterocycles. The van der Waals surface area contributed by atoms with E-state index in [1.165, 1.54) is 36.9 Å². The van der Waals surface area contributed by atoms with Crippen molar-refractivity contribution in [1.29, 1.82) is 0 Å². The van der Waals surface area contributed by atoms with Gasteiger partial charge in [0, 0.05) is 18.6 Å². The Morgan fingerprint density at radius 3 is 3.00 bits per heavy atom. The summed E-state index contributed by atoms with van der Waals surface area (Å²) in [5, 5.41) is 0. The molecule has 2 heterocycles. The molecule has 3 rings (SSSR count). The molecule has 2 heteroatoms. The maximum atomic E-state index is 6.36. The van der Waals surface area contributed by atoms with E-state index < -0.39 is 0 Å². The van der Waals surface area contributed by atoms with Gasteiger partial charge in [0.1, 0.15) is 0 Å². The van der Waals surface area contributed by atoms with Crippen LogP contribution >= 0.6 is 0 Å². The first kappa shape index (κ1) is 9.37. The first-order chi connectivity index (χ1) is 7.36. The number of nitrogens with two attached hydrogens (primary N) is 1. The minimum atomic E-state index is 0.232. The molecule has 0 amide bonds. The summed E-state index contributed by atoms with van der Waals surface area (Å²) in [7, 11) is 0. The largest absolute Gasteiger partial charge is 0.323 e. The molecule has 2 nitrogen and oxygen atoms in total. The number of rotatable bonds is 0. The molecule has 2 aliphatic rings. The Morgan fingerprint density at radius 1 is 1.20 bits per heavy atom. The molecule has 0 spiro atoms. The van der Waals surface area contributed by atoms with Crippen LogP contribution in [-0.2, 0) is 6.54 Å². The van der Waals surface area contributed by atoms with Gasteiger partial charge in [-0.3, -0.25) is 4.90 Å². The van der Waals surface area contributed by atoms with Gasteiger partial charge >= 0.3 is 0 Å². The molecule has 1 aromatic rings. The molecule has 0 saturated carbocycles. The Bertz CT molecular complexity index is 361. The fraction of sp³-hybridized carbons (Fsp3) is 0.538. The Labute approximate surface area is 91.1 Å². The zero-order valence-electron chi connectivity index (χ0n) is 9.02. The van der Waals surface area contributed by atoms with Gasteiger partial charge in [-0.2, -0.15) is 0 Å². The number of piperidine rings is 1. The van der Waals surface area contributed by atoms with Crippen molar-refractivity contribution in [2.75, 3.05) is 6.54 Å². The van der Waals surface area contributed by atoms with E-state index in [0.29, 0.717) is 6.04 Å². The minimum absolute atomic E-state index is 0.232. The Kier molecular flexibility index (Phi) is 2.26. The summed E-state index contributed by atoms with van der Waals surface area (Å²) in [5.41, 5.74) is 9.17. The van der Waals surface area contributed by atoms with Gasteiger partial charge in [-0.15, -0.1) is 0 Å². The molecule has 1 saturated heterocycles. The van der Waals surface area contributed by atoms with E-state index in [1.807, 2.05) is 0 Å². The lowest BCUT2D eigenvalue weighted by atomic mass is 9.85. The van der Waals surface area contributed by atoms with Crippen LogP contribution in [0.1, 0.15) is 36.4 Å². The second kappa shape index (κ2) is 3.62. The van der Waals surface area contributed by atoms with Crippen LogP contribution in [0.2, 0.25) is 0 Å². The molecule has 0 aliphatic carbocycles. The Morgan fingerprint density at radius 2 is 2.07 bits per heavy atom. The van der Waals surface area contributed by atoms with Crippen LogP contribution in [0, 0.1) is 0 Å². The standard InChI is InChI=1S/C13H18N2/c14-13-11-6-2-1-5-10(11)9-15-8-4-3-7-12(13)15/h1-2,5-6,12-13H,3-4,7-9,14H2/t12-,13-/m0/s1. The van der Waals surface area contributed by atoms with E-state index in [9.17, 15) is 0 Å². The van der Waals surface area contributed by atoms with Crippen LogP contribution < -0.4 is 5.73 Å². The molecule has 0 unspecified atom stereocenters. The molecule has 80 valence electrons. The molecule has 1 fully saturated rings. The van der Waals surface area contributed by atoms with E-state index in [2.05, 4.69) is 29.2 Å². The summed E-state index contributed by atoms with van der Waals surface area (Å²) in [4.78, 5) is 2.57. The predicted octanol–water partition coefficient (Wildman–Crippen LogP) is 2.05. The van der Waals surface area contributed by atoms with Gasteiger partial charge in [0.05, 0.1) is 0 Å². The molecule has 0 radical (unpaired) electrons. The molecule has 0 bridgehead atoms. The minimum Gasteiger partial charge on any atom is -0.323 e. The number of benzene rings is 1. The van der Waals surface area contributed by atoms with Crippen LogP contribution in [0.15, 0.2) is 24.3 Å². The first-order valence-corrected chi connectivity index (χ1v) is 5.94. The zero-order valence-corrected chi connectivity index (χ0v) is 9.02. The third-order valence-corrected chi connectivity index (χ3v) is 3.87. The van der Waals surface area contributed by atoms with Gasteiger partial charge in [-0.1, -0.05) is 30.7 Å². The lowest BCUT2D eigenvalue weighted by Gasteiger charge is -2.43. The lowest BCUT2D eigenvalue weighted by molar-refractivity contribution is 0.105. The smallest absolute Gasteiger partial charge is 0.0456 e. The van der Waals surface area contributed by atoms with E-state index in [1.54, 1.807) is 0 Å². The number of hydrogen-bond donors (Lipinski definition) is 1. The SMILES string of the molecule is N[C@H]1c2ccccc2CN2CCCC[C@@H]12. The number of nitrogens with zero attached hydrogens (tertiary/aromatic N) is 1. The number of hydrogen-bond acceptors (Lipinski definition) is 2. The van der Waals surface area contributed by atoms with Crippen molar-refractivity contribution in [2.45, 2.75) is 37.9 Å².